The van der Waals surface area contributed by atoms with Crippen molar-refractivity contribution in [1.82, 2.24) is 4.98 Å². The quantitative estimate of drug-likeness (QED) is 0.868. The lowest BCUT2D eigenvalue weighted by Gasteiger charge is -2.14. The third-order valence-electron chi connectivity index (χ3n) is 5.10. The maximum atomic E-state index is 12.5. The molecule has 1 heterocycles. The Balaban J connectivity index is 1.36. The fraction of sp³-hybridized carbons (Fsp3) is 0.400. The Morgan fingerprint density at radius 2 is 1.92 bits per heavy atom. The highest BCUT2D eigenvalue weighted by atomic mass is 16.2. The Kier molecular flexibility index (Phi) is 4.20. The Bertz CT molecular complexity index is 710. The number of pyridine rings is 1. The smallest absolute Gasteiger partial charge is 0.228 e. The molecule has 124 valence electrons. The minimum Gasteiger partial charge on any atom is -0.382 e. The zero-order chi connectivity index (χ0) is 16.4. The topological polar surface area (TPSA) is 54.0 Å². The largest absolute Gasteiger partial charge is 0.382 e. The van der Waals surface area contributed by atoms with E-state index in [4.69, 9.17) is 0 Å². The van der Waals surface area contributed by atoms with Crippen molar-refractivity contribution in [3.8, 4) is 0 Å². The number of benzene rings is 1. The van der Waals surface area contributed by atoms with Crippen molar-refractivity contribution < 1.29 is 4.79 Å². The van der Waals surface area contributed by atoms with Crippen LogP contribution >= 0.6 is 0 Å². The molecule has 24 heavy (non-hydrogen) atoms. The molecule has 0 bridgehead atoms. The SMILES string of the molecule is O=C(Nc1cccc(NC2CCCC2)c1)[C@H]1C[C@H]1c1cccnc1. The van der Waals surface area contributed by atoms with Gasteiger partial charge in [-0.25, -0.2) is 0 Å². The molecule has 1 amide bonds. The van der Waals surface area contributed by atoms with Gasteiger partial charge in [-0.05, 0) is 55.0 Å². The molecule has 2 saturated carbocycles. The van der Waals surface area contributed by atoms with Gasteiger partial charge in [0.25, 0.3) is 0 Å². The highest BCUT2D eigenvalue weighted by Crippen LogP contribution is 2.47. The van der Waals surface area contributed by atoms with Crippen molar-refractivity contribution in [3.05, 3.63) is 54.4 Å². The molecule has 4 nitrogen and oxygen atoms in total. The summed E-state index contributed by atoms with van der Waals surface area (Å²) >= 11 is 0. The van der Waals surface area contributed by atoms with Crippen molar-refractivity contribution in [3.63, 3.8) is 0 Å². The van der Waals surface area contributed by atoms with Gasteiger partial charge in [-0.15, -0.1) is 0 Å². The molecule has 1 aromatic carbocycles. The number of rotatable bonds is 5. The number of amides is 1. The number of anilines is 2. The normalized spacial score (nSPS) is 23.0. The molecule has 2 atom stereocenters. The first-order chi connectivity index (χ1) is 11.8. The number of carbonyl (C=O) groups is 1. The Labute approximate surface area is 142 Å². The third kappa shape index (κ3) is 3.42. The van der Waals surface area contributed by atoms with Gasteiger partial charge in [0.2, 0.25) is 5.91 Å². The minimum atomic E-state index is 0.0700. The first-order valence-electron chi connectivity index (χ1n) is 8.87. The van der Waals surface area contributed by atoms with E-state index in [-0.39, 0.29) is 11.8 Å². The lowest BCUT2D eigenvalue weighted by Crippen LogP contribution is -2.16. The predicted octanol–water partition coefficient (Wildman–Crippen LogP) is 4.18. The van der Waals surface area contributed by atoms with Gasteiger partial charge in [0.05, 0.1) is 0 Å². The summed E-state index contributed by atoms with van der Waals surface area (Å²) in [4.78, 5) is 16.6. The van der Waals surface area contributed by atoms with Crippen LogP contribution in [0.25, 0.3) is 0 Å². The van der Waals surface area contributed by atoms with E-state index in [0.29, 0.717) is 12.0 Å². The first kappa shape index (κ1) is 15.2. The second kappa shape index (κ2) is 6.63. The van der Waals surface area contributed by atoms with E-state index in [1.54, 1.807) is 6.20 Å². The fourth-order valence-corrected chi connectivity index (χ4v) is 3.68. The van der Waals surface area contributed by atoms with Crippen molar-refractivity contribution in [2.24, 2.45) is 5.92 Å². The Morgan fingerprint density at radius 3 is 2.71 bits per heavy atom. The summed E-state index contributed by atoms with van der Waals surface area (Å²) < 4.78 is 0. The molecule has 2 aliphatic rings. The Morgan fingerprint density at radius 1 is 1.08 bits per heavy atom. The first-order valence-corrected chi connectivity index (χ1v) is 8.87. The Hall–Kier alpha value is -2.36. The molecule has 4 rings (SSSR count). The molecule has 2 aliphatic carbocycles. The molecule has 0 spiro atoms. The summed E-state index contributed by atoms with van der Waals surface area (Å²) in [6.07, 6.45) is 9.65. The summed E-state index contributed by atoms with van der Waals surface area (Å²) in [5.74, 6) is 0.501. The van der Waals surface area contributed by atoms with Gasteiger partial charge < -0.3 is 10.6 Å². The number of hydrogen-bond donors (Lipinski definition) is 2. The minimum absolute atomic E-state index is 0.0700. The van der Waals surface area contributed by atoms with Gasteiger partial charge in [0.15, 0.2) is 0 Å². The van der Waals surface area contributed by atoms with Gasteiger partial charge in [0, 0.05) is 35.7 Å². The van der Waals surface area contributed by atoms with E-state index >= 15 is 0 Å². The summed E-state index contributed by atoms with van der Waals surface area (Å²) in [6, 6.07) is 12.6. The van der Waals surface area contributed by atoms with Crippen LogP contribution in [0.4, 0.5) is 11.4 Å². The van der Waals surface area contributed by atoms with Crippen LogP contribution in [0.2, 0.25) is 0 Å². The van der Waals surface area contributed by atoms with Crippen molar-refractivity contribution in [1.29, 1.82) is 0 Å². The van der Waals surface area contributed by atoms with Crippen LogP contribution in [0, 0.1) is 5.92 Å². The van der Waals surface area contributed by atoms with Gasteiger partial charge in [-0.1, -0.05) is 25.0 Å². The van der Waals surface area contributed by atoms with E-state index < -0.39 is 0 Å². The lowest BCUT2D eigenvalue weighted by molar-refractivity contribution is -0.117. The zero-order valence-corrected chi connectivity index (χ0v) is 13.7. The van der Waals surface area contributed by atoms with E-state index in [1.807, 2.05) is 30.5 Å². The predicted molar refractivity (Wildman–Crippen MR) is 96.0 cm³/mol. The van der Waals surface area contributed by atoms with Crippen LogP contribution in [0.15, 0.2) is 48.8 Å². The van der Waals surface area contributed by atoms with Crippen LogP contribution in [0.5, 0.6) is 0 Å². The van der Waals surface area contributed by atoms with E-state index in [9.17, 15) is 4.79 Å². The average molecular weight is 321 g/mol. The van der Waals surface area contributed by atoms with E-state index in [0.717, 1.165) is 23.4 Å². The number of aromatic nitrogens is 1. The maximum absolute atomic E-state index is 12.5. The van der Waals surface area contributed by atoms with Crippen molar-refractivity contribution in [2.75, 3.05) is 10.6 Å². The fourth-order valence-electron chi connectivity index (χ4n) is 3.68. The molecule has 2 fully saturated rings. The third-order valence-corrected chi connectivity index (χ3v) is 5.10. The molecule has 0 unspecified atom stereocenters. The summed E-state index contributed by atoms with van der Waals surface area (Å²) in [5, 5.41) is 6.64. The molecule has 1 aromatic heterocycles. The standard InChI is InChI=1S/C20H23N3O/c24-20(19-12-18(19)14-5-4-10-21-13-14)23-17-9-3-8-16(11-17)22-15-6-1-2-7-15/h3-5,8-11,13,15,18-19,22H,1-2,6-7,12H2,(H,23,24)/t18-,19-/m0/s1. The number of carbonyl (C=O) groups excluding carboxylic acids is 1. The van der Waals surface area contributed by atoms with E-state index in [1.165, 1.54) is 25.7 Å². The summed E-state index contributed by atoms with van der Waals surface area (Å²) in [5.41, 5.74) is 3.13. The molecule has 2 N–H and O–H groups in total. The van der Waals surface area contributed by atoms with Gasteiger partial charge >= 0.3 is 0 Å². The van der Waals surface area contributed by atoms with Crippen LogP contribution in [-0.2, 0) is 4.79 Å². The number of nitrogens with zero attached hydrogens (tertiary/aromatic N) is 1. The second-order valence-corrected chi connectivity index (χ2v) is 6.93. The average Bonchev–Trinajstić information content (AvgIpc) is 3.26. The second-order valence-electron chi connectivity index (χ2n) is 6.93. The summed E-state index contributed by atoms with van der Waals surface area (Å²) in [6.45, 7) is 0. The molecule has 0 aliphatic heterocycles. The molecule has 0 radical (unpaired) electrons. The maximum Gasteiger partial charge on any atom is 0.228 e. The zero-order valence-electron chi connectivity index (χ0n) is 13.7. The molecular formula is C20H23N3O. The van der Waals surface area contributed by atoms with E-state index in [2.05, 4.69) is 27.8 Å². The van der Waals surface area contributed by atoms with Crippen LogP contribution in [-0.4, -0.2) is 16.9 Å². The van der Waals surface area contributed by atoms with Crippen LogP contribution in [0.1, 0.15) is 43.6 Å². The lowest BCUT2D eigenvalue weighted by atomic mass is 10.1. The summed E-state index contributed by atoms with van der Waals surface area (Å²) in [7, 11) is 0. The molecule has 2 aromatic rings. The molecule has 0 saturated heterocycles. The van der Waals surface area contributed by atoms with Gasteiger partial charge in [-0.2, -0.15) is 0 Å². The highest BCUT2D eigenvalue weighted by Gasteiger charge is 2.44. The van der Waals surface area contributed by atoms with Gasteiger partial charge in [0.1, 0.15) is 0 Å². The molecule has 4 heteroatoms. The monoisotopic (exact) mass is 321 g/mol. The van der Waals surface area contributed by atoms with Crippen molar-refractivity contribution in [2.45, 2.75) is 44.1 Å². The van der Waals surface area contributed by atoms with Gasteiger partial charge in [-0.3, -0.25) is 9.78 Å². The van der Waals surface area contributed by atoms with Crippen LogP contribution in [0.3, 0.4) is 0 Å². The highest BCUT2D eigenvalue weighted by molar-refractivity contribution is 5.95. The molecular weight excluding hydrogens is 298 g/mol. The number of nitrogens with one attached hydrogen (secondary N) is 2. The number of hydrogen-bond acceptors (Lipinski definition) is 3. The van der Waals surface area contributed by atoms with Crippen molar-refractivity contribution >= 4 is 17.3 Å². The van der Waals surface area contributed by atoms with Crippen LogP contribution < -0.4 is 10.6 Å².